The fourth-order valence-corrected chi connectivity index (χ4v) is 8.33. The predicted molar refractivity (Wildman–Crippen MR) is 170 cm³/mol. The molecule has 2 aromatic heterocycles. The van der Waals surface area contributed by atoms with E-state index in [1.54, 1.807) is 28.0 Å². The van der Waals surface area contributed by atoms with E-state index in [1.807, 2.05) is 0 Å². The fourth-order valence-electron chi connectivity index (χ4n) is 5.90. The fraction of sp³-hybridized carbons (Fsp3) is 0.483. The van der Waals surface area contributed by atoms with Gasteiger partial charge >= 0.3 is 16.3 Å². The first-order valence-corrected chi connectivity index (χ1v) is 17.2. The number of hydrogen-bond acceptors (Lipinski definition) is 10. The molecule has 3 aliphatic rings. The highest BCUT2D eigenvalue weighted by atomic mass is 32.2. The number of nitrogens with zero attached hydrogens (tertiary/aromatic N) is 6. The lowest BCUT2D eigenvalue weighted by atomic mass is 10.1. The summed E-state index contributed by atoms with van der Waals surface area (Å²) >= 11 is 1.35. The largest absolute Gasteiger partial charge is 0.451 e. The minimum atomic E-state index is -4.09. The number of piperazine rings is 1. The first-order chi connectivity index (χ1) is 22.0. The van der Waals surface area contributed by atoms with Gasteiger partial charge < -0.3 is 30.3 Å². The minimum absolute atomic E-state index is 0.0305. The molecule has 46 heavy (non-hydrogen) atoms. The maximum absolute atomic E-state index is 13.9. The second kappa shape index (κ2) is 13.1. The molecule has 15 nitrogen and oxygen atoms in total. The average Bonchev–Trinajstić information content (AvgIpc) is 3.69. The maximum Gasteiger partial charge on any atom is 0.435 e. The number of benzene rings is 1. The molecule has 1 aromatic carbocycles. The van der Waals surface area contributed by atoms with E-state index < -0.39 is 22.3 Å². The van der Waals surface area contributed by atoms with Crippen LogP contribution in [0.3, 0.4) is 0 Å². The predicted octanol–water partition coefficient (Wildman–Crippen LogP) is 0.772. The van der Waals surface area contributed by atoms with E-state index in [0.29, 0.717) is 54.2 Å². The molecule has 2 atom stereocenters. The van der Waals surface area contributed by atoms with Crippen molar-refractivity contribution < 1.29 is 32.3 Å². The summed E-state index contributed by atoms with van der Waals surface area (Å²) in [6.07, 6.45) is 2.79. The number of methoxy groups -OCH3 is 1. The molecule has 2 saturated heterocycles. The Labute approximate surface area is 270 Å². The molecule has 0 spiro atoms. The SMILES string of the molecule is COC(=O)/N=C(/N)c1ccc2cn(S(=O)(=O)N3CCN(C(=O)c4nc5c(s4)CNC(C)C5)C(CC(=O)N4CCOCC4)C3)cc2c1. The lowest BCUT2D eigenvalue weighted by Gasteiger charge is -2.41. The van der Waals surface area contributed by atoms with Crippen LogP contribution in [0.5, 0.6) is 0 Å². The number of aliphatic imine (C=N–C) groups is 1. The van der Waals surface area contributed by atoms with Gasteiger partial charge in [-0.05, 0) is 13.0 Å². The highest BCUT2D eigenvalue weighted by molar-refractivity contribution is 7.87. The molecule has 3 amide bonds. The molecule has 0 bridgehead atoms. The van der Waals surface area contributed by atoms with Crippen molar-refractivity contribution in [3.63, 3.8) is 0 Å². The molecule has 2 unspecified atom stereocenters. The van der Waals surface area contributed by atoms with Gasteiger partial charge in [-0.1, -0.05) is 12.1 Å². The monoisotopic (exact) mass is 672 g/mol. The van der Waals surface area contributed by atoms with Crippen molar-refractivity contribution in [2.45, 2.75) is 38.4 Å². The maximum atomic E-state index is 13.9. The number of amidine groups is 1. The Hall–Kier alpha value is -3.90. The Kier molecular flexibility index (Phi) is 9.11. The average molecular weight is 673 g/mol. The van der Waals surface area contributed by atoms with E-state index in [9.17, 15) is 22.8 Å². The van der Waals surface area contributed by atoms with E-state index in [0.717, 1.165) is 21.0 Å². The van der Waals surface area contributed by atoms with Crippen LogP contribution < -0.4 is 11.1 Å². The number of carbonyl (C=O) groups excluding carboxylic acids is 3. The first-order valence-electron chi connectivity index (χ1n) is 15.0. The number of aromatic nitrogens is 2. The molecule has 3 aromatic rings. The van der Waals surface area contributed by atoms with Gasteiger partial charge in [0.25, 0.3) is 5.91 Å². The van der Waals surface area contributed by atoms with Crippen molar-refractivity contribution in [1.82, 2.24) is 28.4 Å². The van der Waals surface area contributed by atoms with Gasteiger partial charge in [-0.2, -0.15) is 17.7 Å². The molecule has 246 valence electrons. The summed E-state index contributed by atoms with van der Waals surface area (Å²) in [5.41, 5.74) is 7.27. The van der Waals surface area contributed by atoms with E-state index in [2.05, 4.69) is 27.0 Å². The zero-order valence-corrected chi connectivity index (χ0v) is 27.2. The third-order valence-electron chi connectivity index (χ3n) is 8.45. The van der Waals surface area contributed by atoms with Crippen LogP contribution in [0, 0.1) is 0 Å². The zero-order valence-electron chi connectivity index (χ0n) is 25.5. The van der Waals surface area contributed by atoms with Gasteiger partial charge in [0.1, 0.15) is 5.84 Å². The van der Waals surface area contributed by atoms with Crippen molar-refractivity contribution in [1.29, 1.82) is 0 Å². The number of fused-ring (bicyclic) bond motifs is 2. The van der Waals surface area contributed by atoms with Gasteiger partial charge in [-0.15, -0.1) is 11.3 Å². The van der Waals surface area contributed by atoms with Gasteiger partial charge in [-0.25, -0.2) is 13.8 Å². The smallest absolute Gasteiger partial charge is 0.435 e. The number of hydrogen-bond donors (Lipinski definition) is 2. The highest BCUT2D eigenvalue weighted by Gasteiger charge is 2.39. The normalized spacial score (nSPS) is 21.3. The molecule has 17 heteroatoms. The van der Waals surface area contributed by atoms with Crippen LogP contribution in [-0.2, 0) is 37.4 Å². The van der Waals surface area contributed by atoms with Crippen molar-refractivity contribution in [3.8, 4) is 0 Å². The van der Waals surface area contributed by atoms with Crippen LogP contribution in [0.15, 0.2) is 35.6 Å². The number of thiazole rings is 1. The minimum Gasteiger partial charge on any atom is -0.451 e. The number of amides is 3. The summed E-state index contributed by atoms with van der Waals surface area (Å²) in [5, 5.41) is 4.93. The number of carbonyl (C=O) groups is 3. The number of ether oxygens (including phenoxy) is 2. The van der Waals surface area contributed by atoms with Gasteiger partial charge in [-0.3, -0.25) is 9.59 Å². The number of morpholine rings is 1. The van der Waals surface area contributed by atoms with Crippen LogP contribution in [0.4, 0.5) is 4.79 Å². The molecule has 2 fully saturated rings. The van der Waals surface area contributed by atoms with E-state index in [4.69, 9.17) is 10.5 Å². The molecule has 5 heterocycles. The second-order valence-corrected chi connectivity index (χ2v) is 14.4. The van der Waals surface area contributed by atoms with Crippen LogP contribution >= 0.6 is 11.3 Å². The van der Waals surface area contributed by atoms with E-state index in [1.165, 1.54) is 35.1 Å². The van der Waals surface area contributed by atoms with Gasteiger partial charge in [0, 0.05) is 91.8 Å². The molecule has 0 aliphatic carbocycles. The summed E-state index contributed by atoms with van der Waals surface area (Å²) in [5.74, 6) is -0.522. The first kappa shape index (κ1) is 32.1. The lowest BCUT2D eigenvalue weighted by molar-refractivity contribution is -0.136. The third kappa shape index (κ3) is 6.50. The van der Waals surface area contributed by atoms with Crippen LogP contribution in [-0.4, -0.2) is 120 Å². The second-order valence-electron chi connectivity index (χ2n) is 11.5. The Bertz CT molecular complexity index is 1800. The topological polar surface area (TPSA) is 182 Å². The lowest BCUT2D eigenvalue weighted by Crippen LogP contribution is -2.58. The standard InChI is InChI=1S/C29H36N8O7S2/c1-18-11-23-24(14-31-18)45-27(32-23)28(39)37-6-5-35(17-22(37)13-25(38)34-7-9-44-10-8-34)46(41,42)36-15-20-4-3-19(12-21(20)16-36)26(30)33-29(40)43-2/h3-4,12,15-16,18,22,31H,5-11,13-14,17H2,1-2H3,(H2,30,33,40). The van der Waals surface area contributed by atoms with Gasteiger partial charge in [0.05, 0.1) is 32.1 Å². The quantitative estimate of drug-likeness (QED) is 0.280. The van der Waals surface area contributed by atoms with Crippen molar-refractivity contribution in [2.24, 2.45) is 10.7 Å². The molecule has 3 aliphatic heterocycles. The summed E-state index contributed by atoms with van der Waals surface area (Å²) in [6.45, 7) is 4.54. The Morgan fingerprint density at radius 3 is 2.67 bits per heavy atom. The van der Waals surface area contributed by atoms with Crippen LogP contribution in [0.2, 0.25) is 0 Å². The Morgan fingerprint density at radius 2 is 1.91 bits per heavy atom. The van der Waals surface area contributed by atoms with Crippen molar-refractivity contribution >= 4 is 56.1 Å². The number of nitrogens with one attached hydrogen (secondary N) is 1. The summed E-state index contributed by atoms with van der Waals surface area (Å²) in [6, 6.07) is 4.50. The number of rotatable bonds is 6. The third-order valence-corrected chi connectivity index (χ3v) is 11.3. The van der Waals surface area contributed by atoms with Crippen molar-refractivity contribution in [2.75, 3.05) is 53.0 Å². The van der Waals surface area contributed by atoms with E-state index in [-0.39, 0.29) is 49.7 Å². The Morgan fingerprint density at radius 1 is 1.15 bits per heavy atom. The molecular formula is C29H36N8O7S2. The molecule has 6 rings (SSSR count). The molecule has 0 radical (unpaired) electrons. The van der Waals surface area contributed by atoms with Gasteiger partial charge in [0.2, 0.25) is 5.91 Å². The molecular weight excluding hydrogens is 637 g/mol. The summed E-state index contributed by atoms with van der Waals surface area (Å²) in [4.78, 5) is 51.4. The zero-order chi connectivity index (χ0) is 32.6. The van der Waals surface area contributed by atoms with Crippen LogP contribution in [0.25, 0.3) is 10.8 Å². The summed E-state index contributed by atoms with van der Waals surface area (Å²) in [7, 11) is -2.90. The van der Waals surface area contributed by atoms with E-state index >= 15 is 0 Å². The highest BCUT2D eigenvalue weighted by Crippen LogP contribution is 2.28. The molecule has 3 N–H and O–H groups in total. The van der Waals surface area contributed by atoms with Gasteiger partial charge in [0.15, 0.2) is 5.01 Å². The Balaban J connectivity index is 1.25. The molecule has 0 saturated carbocycles. The number of nitrogens with two attached hydrogens (primary N) is 1. The summed E-state index contributed by atoms with van der Waals surface area (Å²) < 4.78 is 40.2. The van der Waals surface area contributed by atoms with Crippen LogP contribution in [0.1, 0.15) is 39.3 Å². The van der Waals surface area contributed by atoms with Crippen molar-refractivity contribution in [3.05, 3.63) is 51.7 Å².